The fourth-order valence-corrected chi connectivity index (χ4v) is 3.97. The maximum Gasteiger partial charge on any atom is 0.262 e. The smallest absolute Gasteiger partial charge is 0.262 e. The van der Waals surface area contributed by atoms with Crippen molar-refractivity contribution >= 4 is 15.7 Å². The molecule has 0 fully saturated rings. The van der Waals surface area contributed by atoms with E-state index < -0.39 is 10.0 Å². The van der Waals surface area contributed by atoms with Gasteiger partial charge in [-0.25, -0.2) is 13.1 Å². The van der Waals surface area contributed by atoms with Crippen LogP contribution in [0.2, 0.25) is 0 Å². The molecule has 24 heavy (non-hydrogen) atoms. The molecule has 0 bridgehead atoms. The third-order valence-electron chi connectivity index (χ3n) is 3.87. The molecule has 0 atom stereocenters. The maximum absolute atomic E-state index is 12.7. The second-order valence-electron chi connectivity index (χ2n) is 5.77. The minimum Gasteiger partial charge on any atom is -0.276 e. The van der Waals surface area contributed by atoms with Crippen LogP contribution in [-0.4, -0.2) is 18.2 Å². The SMILES string of the molecule is Cc1ccc(S(=O)(=O)Nc2cnn(-c3ccccc3)c2C)c(C)c1. The van der Waals surface area contributed by atoms with Gasteiger partial charge in [0, 0.05) is 0 Å². The van der Waals surface area contributed by atoms with E-state index in [1.165, 1.54) is 6.20 Å². The molecule has 0 saturated carbocycles. The molecule has 5 nitrogen and oxygen atoms in total. The van der Waals surface area contributed by atoms with E-state index in [9.17, 15) is 8.42 Å². The summed E-state index contributed by atoms with van der Waals surface area (Å²) >= 11 is 0. The highest BCUT2D eigenvalue weighted by atomic mass is 32.2. The Labute approximate surface area is 142 Å². The van der Waals surface area contributed by atoms with Crippen LogP contribution in [0.25, 0.3) is 5.69 Å². The highest BCUT2D eigenvalue weighted by Gasteiger charge is 2.19. The summed E-state index contributed by atoms with van der Waals surface area (Å²) in [5.74, 6) is 0. The zero-order chi connectivity index (χ0) is 17.3. The molecule has 0 unspecified atom stereocenters. The minimum absolute atomic E-state index is 0.278. The molecular formula is C18H19N3O2S. The van der Waals surface area contributed by atoms with Gasteiger partial charge in [-0.1, -0.05) is 35.9 Å². The summed E-state index contributed by atoms with van der Waals surface area (Å²) in [5.41, 5.74) is 3.83. The average molecular weight is 341 g/mol. The molecule has 0 aliphatic heterocycles. The standard InChI is InChI=1S/C18H19N3O2S/c1-13-9-10-18(14(2)11-13)24(22,23)20-17-12-19-21(15(17)3)16-7-5-4-6-8-16/h4-12,20H,1-3H3. The van der Waals surface area contributed by atoms with Crippen molar-refractivity contribution in [1.29, 1.82) is 0 Å². The Morgan fingerprint density at radius 3 is 2.38 bits per heavy atom. The predicted octanol–water partition coefficient (Wildman–Crippen LogP) is 3.60. The van der Waals surface area contributed by atoms with Crippen LogP contribution in [-0.2, 0) is 10.0 Å². The summed E-state index contributed by atoms with van der Waals surface area (Å²) in [6, 6.07) is 14.9. The van der Waals surface area contributed by atoms with Gasteiger partial charge in [0.15, 0.2) is 0 Å². The second-order valence-corrected chi connectivity index (χ2v) is 7.42. The number of rotatable bonds is 4. The summed E-state index contributed by atoms with van der Waals surface area (Å²) in [6.07, 6.45) is 1.53. The summed E-state index contributed by atoms with van der Waals surface area (Å²) in [6.45, 7) is 5.56. The largest absolute Gasteiger partial charge is 0.276 e. The molecular weight excluding hydrogens is 322 g/mol. The van der Waals surface area contributed by atoms with Crippen LogP contribution < -0.4 is 4.72 Å². The Morgan fingerprint density at radius 2 is 1.71 bits per heavy atom. The zero-order valence-electron chi connectivity index (χ0n) is 13.8. The van der Waals surface area contributed by atoms with Crippen molar-refractivity contribution in [2.24, 2.45) is 0 Å². The van der Waals surface area contributed by atoms with E-state index in [0.29, 0.717) is 5.69 Å². The van der Waals surface area contributed by atoms with Gasteiger partial charge in [-0.3, -0.25) is 4.72 Å². The summed E-state index contributed by atoms with van der Waals surface area (Å²) < 4.78 is 29.7. The van der Waals surface area contributed by atoms with Crippen molar-refractivity contribution in [2.45, 2.75) is 25.7 Å². The molecule has 0 radical (unpaired) electrons. The lowest BCUT2D eigenvalue weighted by atomic mass is 10.2. The summed E-state index contributed by atoms with van der Waals surface area (Å²) in [4.78, 5) is 0.278. The second kappa shape index (κ2) is 6.13. The normalized spacial score (nSPS) is 11.5. The van der Waals surface area contributed by atoms with E-state index in [4.69, 9.17) is 0 Å². The monoisotopic (exact) mass is 341 g/mol. The average Bonchev–Trinajstić information content (AvgIpc) is 2.88. The van der Waals surface area contributed by atoms with E-state index in [2.05, 4.69) is 9.82 Å². The number of benzene rings is 2. The number of aromatic nitrogens is 2. The van der Waals surface area contributed by atoms with Crippen molar-refractivity contribution in [1.82, 2.24) is 9.78 Å². The van der Waals surface area contributed by atoms with Crippen LogP contribution in [0.15, 0.2) is 59.6 Å². The van der Waals surface area contributed by atoms with Gasteiger partial charge in [0.2, 0.25) is 0 Å². The third kappa shape index (κ3) is 3.05. The van der Waals surface area contributed by atoms with E-state index in [1.54, 1.807) is 23.7 Å². The zero-order valence-corrected chi connectivity index (χ0v) is 14.6. The molecule has 124 valence electrons. The van der Waals surface area contributed by atoms with E-state index >= 15 is 0 Å². The summed E-state index contributed by atoms with van der Waals surface area (Å²) in [7, 11) is -3.66. The van der Waals surface area contributed by atoms with Crippen molar-refractivity contribution in [3.05, 3.63) is 71.5 Å². The highest BCUT2D eigenvalue weighted by Crippen LogP contribution is 2.23. The molecule has 0 aliphatic rings. The predicted molar refractivity (Wildman–Crippen MR) is 95.0 cm³/mol. The van der Waals surface area contributed by atoms with Gasteiger partial charge in [-0.2, -0.15) is 5.10 Å². The summed E-state index contributed by atoms with van der Waals surface area (Å²) in [5, 5.41) is 4.29. The molecule has 0 saturated heterocycles. The topological polar surface area (TPSA) is 64.0 Å². The lowest BCUT2D eigenvalue weighted by Crippen LogP contribution is -2.15. The lowest BCUT2D eigenvalue weighted by molar-refractivity contribution is 0.600. The fraction of sp³-hybridized carbons (Fsp3) is 0.167. The number of hydrogen-bond donors (Lipinski definition) is 1. The Bertz CT molecular complexity index is 977. The number of aryl methyl sites for hydroxylation is 2. The first kappa shape index (κ1) is 16.3. The molecule has 1 N–H and O–H groups in total. The molecule has 3 rings (SSSR count). The van der Waals surface area contributed by atoms with Gasteiger partial charge in [0.05, 0.1) is 28.2 Å². The number of para-hydroxylation sites is 1. The van der Waals surface area contributed by atoms with E-state index in [0.717, 1.165) is 22.5 Å². The van der Waals surface area contributed by atoms with Gasteiger partial charge < -0.3 is 0 Å². The molecule has 1 heterocycles. The minimum atomic E-state index is -3.66. The maximum atomic E-state index is 12.7. The molecule has 0 amide bonds. The van der Waals surface area contributed by atoms with E-state index in [1.807, 2.05) is 50.2 Å². The lowest BCUT2D eigenvalue weighted by Gasteiger charge is -2.11. The number of hydrogen-bond acceptors (Lipinski definition) is 3. The van der Waals surface area contributed by atoms with Crippen molar-refractivity contribution < 1.29 is 8.42 Å². The Balaban J connectivity index is 1.95. The highest BCUT2D eigenvalue weighted by molar-refractivity contribution is 7.92. The van der Waals surface area contributed by atoms with Crippen LogP contribution in [0.3, 0.4) is 0 Å². The number of anilines is 1. The quantitative estimate of drug-likeness (QED) is 0.788. The Hall–Kier alpha value is -2.60. The van der Waals surface area contributed by atoms with Crippen molar-refractivity contribution in [2.75, 3.05) is 4.72 Å². The van der Waals surface area contributed by atoms with Gasteiger partial charge in [-0.15, -0.1) is 0 Å². The first-order chi connectivity index (χ1) is 11.4. The number of nitrogens with one attached hydrogen (secondary N) is 1. The van der Waals surface area contributed by atoms with Crippen LogP contribution in [0.5, 0.6) is 0 Å². The molecule has 2 aromatic carbocycles. The Morgan fingerprint density at radius 1 is 1.00 bits per heavy atom. The van der Waals surface area contributed by atoms with Crippen LogP contribution in [0, 0.1) is 20.8 Å². The fourth-order valence-electron chi connectivity index (χ4n) is 2.64. The molecule has 0 aliphatic carbocycles. The van der Waals surface area contributed by atoms with Crippen molar-refractivity contribution in [3.63, 3.8) is 0 Å². The van der Waals surface area contributed by atoms with Gasteiger partial charge in [-0.05, 0) is 44.5 Å². The van der Waals surface area contributed by atoms with Crippen molar-refractivity contribution in [3.8, 4) is 5.69 Å². The molecule has 6 heteroatoms. The first-order valence-corrected chi connectivity index (χ1v) is 9.07. The number of nitrogens with zero attached hydrogens (tertiary/aromatic N) is 2. The van der Waals surface area contributed by atoms with E-state index in [-0.39, 0.29) is 4.90 Å². The van der Waals surface area contributed by atoms with Crippen LogP contribution in [0.4, 0.5) is 5.69 Å². The van der Waals surface area contributed by atoms with Crippen LogP contribution >= 0.6 is 0 Å². The van der Waals surface area contributed by atoms with Gasteiger partial charge >= 0.3 is 0 Å². The first-order valence-electron chi connectivity index (χ1n) is 7.58. The van der Waals surface area contributed by atoms with Crippen LogP contribution in [0.1, 0.15) is 16.8 Å². The molecule has 1 aromatic heterocycles. The molecule has 0 spiro atoms. The Kier molecular flexibility index (Phi) is 4.15. The third-order valence-corrected chi connectivity index (χ3v) is 5.40. The molecule has 3 aromatic rings. The van der Waals surface area contributed by atoms with Gasteiger partial charge in [0.25, 0.3) is 10.0 Å². The number of sulfonamides is 1. The van der Waals surface area contributed by atoms with Gasteiger partial charge in [0.1, 0.15) is 0 Å².